The Bertz CT molecular complexity index is 467. The van der Waals surface area contributed by atoms with E-state index in [1.807, 2.05) is 0 Å². The minimum atomic E-state index is -0.555. The lowest BCUT2D eigenvalue weighted by molar-refractivity contribution is -0.385. The Balaban J connectivity index is 3.24. The molecule has 0 aliphatic rings. The van der Waals surface area contributed by atoms with Gasteiger partial charge < -0.3 is 15.2 Å². The van der Waals surface area contributed by atoms with E-state index in [1.54, 1.807) is 6.07 Å². The minimum absolute atomic E-state index is 0.0191. The van der Waals surface area contributed by atoms with Crippen LogP contribution in [0.2, 0.25) is 0 Å². The molecule has 90 valence electrons. The van der Waals surface area contributed by atoms with E-state index in [2.05, 4.69) is 0 Å². The molecule has 0 unspecified atom stereocenters. The van der Waals surface area contributed by atoms with Gasteiger partial charge in [0.1, 0.15) is 6.07 Å². The van der Waals surface area contributed by atoms with Gasteiger partial charge in [0.15, 0.2) is 18.1 Å². The summed E-state index contributed by atoms with van der Waals surface area (Å²) in [6.45, 7) is -0.194. The van der Waals surface area contributed by atoms with Crippen LogP contribution in [0.15, 0.2) is 12.1 Å². The summed E-state index contributed by atoms with van der Waals surface area (Å²) in [5, 5.41) is 19.2. The maximum Gasteiger partial charge on any atom is 0.277 e. The normalized spacial score (nSPS) is 9.47. The minimum Gasteiger partial charge on any atom is -0.493 e. The average Bonchev–Trinajstić information content (AvgIpc) is 2.34. The fourth-order valence-corrected chi connectivity index (χ4v) is 1.31. The number of rotatable bonds is 5. The van der Waals surface area contributed by atoms with Crippen molar-refractivity contribution in [2.45, 2.75) is 6.54 Å². The lowest BCUT2D eigenvalue weighted by Crippen LogP contribution is -2.04. The number of methoxy groups -OCH3 is 1. The monoisotopic (exact) mass is 237 g/mol. The van der Waals surface area contributed by atoms with Gasteiger partial charge in [0, 0.05) is 12.1 Å². The molecule has 0 saturated carbocycles. The second-order valence-electron chi connectivity index (χ2n) is 3.04. The first kappa shape index (κ1) is 12.7. The fraction of sp³-hybridized carbons (Fsp3) is 0.300. The molecule has 7 nitrogen and oxygen atoms in total. The van der Waals surface area contributed by atoms with Crippen LogP contribution in [-0.2, 0) is 6.54 Å². The van der Waals surface area contributed by atoms with Crippen molar-refractivity contribution in [1.29, 1.82) is 5.26 Å². The lowest BCUT2D eigenvalue weighted by Gasteiger charge is -2.10. The van der Waals surface area contributed by atoms with E-state index in [9.17, 15) is 10.1 Å². The summed E-state index contributed by atoms with van der Waals surface area (Å²) in [6, 6.07) is 4.41. The second-order valence-corrected chi connectivity index (χ2v) is 3.04. The van der Waals surface area contributed by atoms with Crippen molar-refractivity contribution < 1.29 is 14.4 Å². The number of nitrogens with two attached hydrogens (primary N) is 1. The van der Waals surface area contributed by atoms with Crippen molar-refractivity contribution in [3.05, 3.63) is 27.8 Å². The van der Waals surface area contributed by atoms with Gasteiger partial charge in [-0.2, -0.15) is 5.26 Å². The van der Waals surface area contributed by atoms with Crippen molar-refractivity contribution in [2.75, 3.05) is 13.7 Å². The molecule has 0 atom stereocenters. The number of ether oxygens (including phenoxy) is 2. The van der Waals surface area contributed by atoms with E-state index in [4.69, 9.17) is 20.5 Å². The highest BCUT2D eigenvalue weighted by molar-refractivity contribution is 5.54. The van der Waals surface area contributed by atoms with Crippen molar-refractivity contribution in [3.63, 3.8) is 0 Å². The van der Waals surface area contributed by atoms with E-state index in [0.717, 1.165) is 0 Å². The molecule has 1 aromatic rings. The van der Waals surface area contributed by atoms with Gasteiger partial charge in [-0.3, -0.25) is 10.1 Å². The molecule has 0 aliphatic heterocycles. The molecule has 0 fully saturated rings. The first-order chi connectivity index (χ1) is 8.13. The van der Waals surface area contributed by atoms with Gasteiger partial charge in [0.05, 0.1) is 18.1 Å². The maximum atomic E-state index is 10.8. The van der Waals surface area contributed by atoms with Gasteiger partial charge in [-0.1, -0.05) is 0 Å². The van der Waals surface area contributed by atoms with Crippen LogP contribution in [0.25, 0.3) is 0 Å². The van der Waals surface area contributed by atoms with Gasteiger partial charge >= 0.3 is 0 Å². The molecule has 0 saturated heterocycles. The quantitative estimate of drug-likeness (QED) is 0.603. The highest BCUT2D eigenvalue weighted by Gasteiger charge is 2.18. The number of nitro groups is 1. The number of hydrogen-bond donors (Lipinski definition) is 1. The zero-order valence-electron chi connectivity index (χ0n) is 9.17. The van der Waals surface area contributed by atoms with E-state index >= 15 is 0 Å². The Morgan fingerprint density at radius 2 is 2.24 bits per heavy atom. The Kier molecular flexibility index (Phi) is 4.25. The number of nitriles is 1. The highest BCUT2D eigenvalue weighted by Crippen LogP contribution is 2.34. The molecule has 0 aromatic heterocycles. The van der Waals surface area contributed by atoms with E-state index in [1.165, 1.54) is 19.2 Å². The number of nitro benzene ring substituents is 1. The van der Waals surface area contributed by atoms with Crippen LogP contribution in [-0.4, -0.2) is 18.6 Å². The van der Waals surface area contributed by atoms with Crippen molar-refractivity contribution in [1.82, 2.24) is 0 Å². The van der Waals surface area contributed by atoms with Gasteiger partial charge in [-0.15, -0.1) is 0 Å². The van der Waals surface area contributed by atoms with Crippen molar-refractivity contribution in [3.8, 4) is 17.6 Å². The average molecular weight is 237 g/mol. The fourth-order valence-electron chi connectivity index (χ4n) is 1.31. The van der Waals surface area contributed by atoms with Crippen LogP contribution in [0.1, 0.15) is 5.56 Å². The standard InChI is InChI=1S/C10H11N3O4/c1-16-9-4-7(6-12)8(13(14)15)5-10(9)17-3-2-11/h4-5H,3,6,12H2,1H3. The van der Waals surface area contributed by atoms with E-state index in [-0.39, 0.29) is 24.6 Å². The summed E-state index contributed by atoms with van der Waals surface area (Å²) in [7, 11) is 1.40. The Morgan fingerprint density at radius 3 is 2.71 bits per heavy atom. The van der Waals surface area contributed by atoms with Crippen LogP contribution in [0.3, 0.4) is 0 Å². The van der Waals surface area contributed by atoms with E-state index < -0.39 is 4.92 Å². The van der Waals surface area contributed by atoms with Crippen LogP contribution in [0.4, 0.5) is 5.69 Å². The third kappa shape index (κ3) is 2.83. The van der Waals surface area contributed by atoms with Crippen LogP contribution in [0.5, 0.6) is 11.5 Å². The van der Waals surface area contributed by atoms with Crippen molar-refractivity contribution in [2.24, 2.45) is 5.73 Å². The van der Waals surface area contributed by atoms with Crippen LogP contribution < -0.4 is 15.2 Å². The maximum absolute atomic E-state index is 10.8. The molecule has 1 aromatic carbocycles. The number of benzene rings is 1. The summed E-state index contributed by atoms with van der Waals surface area (Å²) >= 11 is 0. The molecule has 0 amide bonds. The number of hydrogen-bond acceptors (Lipinski definition) is 6. The molecule has 2 N–H and O–H groups in total. The summed E-state index contributed by atoms with van der Waals surface area (Å²) in [5.74, 6) is 0.462. The van der Waals surface area contributed by atoms with E-state index in [0.29, 0.717) is 11.3 Å². The number of nitrogens with zero attached hydrogens (tertiary/aromatic N) is 2. The molecule has 1 rings (SSSR count). The molecule has 0 aliphatic carbocycles. The highest BCUT2D eigenvalue weighted by atomic mass is 16.6. The van der Waals surface area contributed by atoms with Crippen LogP contribution in [0, 0.1) is 21.4 Å². The SMILES string of the molecule is COc1cc(CN)c([N+](=O)[O-])cc1OCC#N. The molecule has 0 bridgehead atoms. The molecule has 0 radical (unpaired) electrons. The summed E-state index contributed by atoms with van der Waals surface area (Å²) < 4.78 is 10.0. The summed E-state index contributed by atoms with van der Waals surface area (Å²) in [4.78, 5) is 10.2. The Hall–Kier alpha value is -2.33. The van der Waals surface area contributed by atoms with Gasteiger partial charge in [0.25, 0.3) is 5.69 Å². The van der Waals surface area contributed by atoms with Crippen molar-refractivity contribution >= 4 is 5.69 Å². The van der Waals surface area contributed by atoms with Crippen LogP contribution >= 0.6 is 0 Å². The molecule has 0 spiro atoms. The van der Waals surface area contributed by atoms with Gasteiger partial charge in [-0.05, 0) is 6.07 Å². The predicted octanol–water partition coefficient (Wildman–Crippen LogP) is 0.964. The first-order valence-corrected chi connectivity index (χ1v) is 4.69. The zero-order chi connectivity index (χ0) is 12.8. The molecular formula is C10H11N3O4. The first-order valence-electron chi connectivity index (χ1n) is 4.69. The second kappa shape index (κ2) is 5.67. The largest absolute Gasteiger partial charge is 0.493 e. The topological polar surface area (TPSA) is 111 Å². The summed E-state index contributed by atoms with van der Waals surface area (Å²) in [6.07, 6.45) is 0. The van der Waals surface area contributed by atoms with Gasteiger partial charge in [0.2, 0.25) is 0 Å². The third-order valence-corrected chi connectivity index (χ3v) is 2.07. The smallest absolute Gasteiger partial charge is 0.277 e. The predicted molar refractivity (Wildman–Crippen MR) is 58.6 cm³/mol. The summed E-state index contributed by atoms with van der Waals surface area (Å²) in [5.41, 5.74) is 5.60. The molecular weight excluding hydrogens is 226 g/mol. The lowest BCUT2D eigenvalue weighted by atomic mass is 10.1. The molecule has 17 heavy (non-hydrogen) atoms. The third-order valence-electron chi connectivity index (χ3n) is 2.07. The molecule has 0 heterocycles. The van der Waals surface area contributed by atoms with Gasteiger partial charge in [-0.25, -0.2) is 0 Å². The Morgan fingerprint density at radius 1 is 1.53 bits per heavy atom. The molecule has 7 heteroatoms. The zero-order valence-corrected chi connectivity index (χ0v) is 9.17. The Labute approximate surface area is 97.5 Å².